The molecule has 4 aromatic rings. The van der Waals surface area contributed by atoms with Crippen molar-refractivity contribution in [3.8, 4) is 22.9 Å². The summed E-state index contributed by atoms with van der Waals surface area (Å²) in [6.07, 6.45) is 3.22. The molecule has 4 N–H and O–H groups in total. The van der Waals surface area contributed by atoms with Crippen LogP contribution < -0.4 is 15.4 Å². The third-order valence-corrected chi connectivity index (χ3v) is 8.36. The van der Waals surface area contributed by atoms with Gasteiger partial charge < -0.3 is 25.6 Å². The van der Waals surface area contributed by atoms with E-state index in [1.54, 1.807) is 32.2 Å². The lowest BCUT2D eigenvalue weighted by atomic mass is 10.00. The SMILES string of the molecule is CC/C(=C\c1ccc(O)c(O)c1C)CCNC(=O)CNC(=O)C[C@@H]1N=C(c2ccc(Cl)cc2)c2cc(OC)ccc2-n2c(C)nnc21. The molecule has 1 atom stereocenters. The number of fused-ring (bicyclic) bond motifs is 3. The monoisotopic (exact) mass is 656 g/mol. The molecule has 0 saturated heterocycles. The van der Waals surface area contributed by atoms with E-state index in [9.17, 15) is 19.8 Å². The van der Waals surface area contributed by atoms with Gasteiger partial charge in [0.1, 0.15) is 17.6 Å². The summed E-state index contributed by atoms with van der Waals surface area (Å²) in [6, 6.07) is 15.5. The number of carbonyl (C=O) groups excluding carboxylic acids is 2. The Hall–Kier alpha value is -5.16. The van der Waals surface area contributed by atoms with Crippen molar-refractivity contribution in [2.24, 2.45) is 4.99 Å². The molecule has 0 bridgehead atoms. The fraction of sp³-hybridized carbons (Fsp3) is 0.286. The van der Waals surface area contributed by atoms with Crippen LogP contribution in [0.4, 0.5) is 0 Å². The van der Waals surface area contributed by atoms with Crippen LogP contribution in [0.15, 0.2) is 65.2 Å². The number of rotatable bonds is 11. The van der Waals surface area contributed by atoms with Crippen molar-refractivity contribution < 1.29 is 24.5 Å². The van der Waals surface area contributed by atoms with Crippen LogP contribution in [-0.4, -0.2) is 62.7 Å². The Morgan fingerprint density at radius 2 is 1.79 bits per heavy atom. The molecule has 5 rings (SSSR count). The molecule has 47 heavy (non-hydrogen) atoms. The molecule has 0 spiro atoms. The maximum absolute atomic E-state index is 13.2. The van der Waals surface area contributed by atoms with Crippen molar-refractivity contribution in [3.05, 3.63) is 99.1 Å². The van der Waals surface area contributed by atoms with Gasteiger partial charge in [0.25, 0.3) is 0 Å². The van der Waals surface area contributed by atoms with Crippen LogP contribution in [-0.2, 0) is 9.59 Å². The van der Waals surface area contributed by atoms with Crippen LogP contribution in [0.2, 0.25) is 5.02 Å². The first kappa shape index (κ1) is 33.2. The van der Waals surface area contributed by atoms with Gasteiger partial charge in [0.2, 0.25) is 11.8 Å². The number of amides is 2. The van der Waals surface area contributed by atoms with Crippen LogP contribution >= 0.6 is 11.6 Å². The molecule has 0 radical (unpaired) electrons. The summed E-state index contributed by atoms with van der Waals surface area (Å²) in [6.45, 7) is 5.76. The van der Waals surface area contributed by atoms with E-state index < -0.39 is 6.04 Å². The Bertz CT molecular complexity index is 1860. The van der Waals surface area contributed by atoms with Gasteiger partial charge in [0, 0.05) is 28.3 Å². The number of aryl methyl sites for hydroxylation is 1. The molecule has 11 nitrogen and oxygen atoms in total. The number of aliphatic imine (C=N–C) groups is 1. The molecule has 2 heterocycles. The Morgan fingerprint density at radius 1 is 1.02 bits per heavy atom. The first-order valence-corrected chi connectivity index (χ1v) is 15.7. The number of hydrogen-bond acceptors (Lipinski definition) is 8. The number of benzene rings is 3. The van der Waals surface area contributed by atoms with Gasteiger partial charge >= 0.3 is 0 Å². The lowest BCUT2D eigenvalue weighted by Crippen LogP contribution is -2.37. The standard InChI is InChI=1S/C35H37ClN6O5/c1-5-22(16-24-8-13-30(43)34(46)20(24)2)14-15-37-32(45)19-38-31(44)18-28-35-41-40-21(3)42(35)29-12-11-26(47-4)17-27(29)33(39-28)23-6-9-25(36)10-7-23/h6-13,16-17,28,43,46H,5,14-15,18-19H2,1-4H3,(H,37,45)(H,38,44)/b22-16+/t28-/m0/s1. The minimum Gasteiger partial charge on any atom is -0.504 e. The smallest absolute Gasteiger partial charge is 0.239 e. The van der Waals surface area contributed by atoms with E-state index in [1.807, 2.05) is 54.8 Å². The van der Waals surface area contributed by atoms with Gasteiger partial charge in [-0.3, -0.25) is 19.1 Å². The summed E-state index contributed by atoms with van der Waals surface area (Å²) in [4.78, 5) is 30.9. The number of nitrogens with one attached hydrogen (secondary N) is 2. The highest BCUT2D eigenvalue weighted by Gasteiger charge is 2.30. The quantitative estimate of drug-likeness (QED) is 0.159. The first-order chi connectivity index (χ1) is 22.6. The molecule has 2 amide bonds. The molecule has 1 aliphatic rings. The molecular formula is C35H37ClN6O5. The van der Waals surface area contributed by atoms with Gasteiger partial charge in [-0.2, -0.15) is 0 Å². The summed E-state index contributed by atoms with van der Waals surface area (Å²) in [5.74, 6) is 0.803. The number of carbonyl (C=O) groups is 2. The van der Waals surface area contributed by atoms with Crippen molar-refractivity contribution in [2.45, 2.75) is 46.1 Å². The van der Waals surface area contributed by atoms with Gasteiger partial charge in [0.05, 0.1) is 31.5 Å². The fourth-order valence-corrected chi connectivity index (χ4v) is 5.58. The number of hydrogen-bond donors (Lipinski definition) is 4. The second-order valence-corrected chi connectivity index (χ2v) is 11.6. The molecule has 0 saturated carbocycles. The van der Waals surface area contributed by atoms with Gasteiger partial charge in [-0.05, 0) is 68.7 Å². The van der Waals surface area contributed by atoms with Crippen molar-refractivity contribution >= 4 is 35.2 Å². The highest BCUT2D eigenvalue weighted by atomic mass is 35.5. The third-order valence-electron chi connectivity index (χ3n) is 8.11. The second-order valence-electron chi connectivity index (χ2n) is 11.2. The number of phenolic OH excluding ortho intramolecular Hbond substituents is 2. The molecule has 1 aromatic heterocycles. The highest BCUT2D eigenvalue weighted by molar-refractivity contribution is 6.30. The zero-order valence-electron chi connectivity index (χ0n) is 26.7. The van der Waals surface area contributed by atoms with Crippen LogP contribution in [0, 0.1) is 13.8 Å². The molecule has 1 aliphatic heterocycles. The van der Waals surface area contributed by atoms with Crippen LogP contribution in [0.3, 0.4) is 0 Å². The molecular weight excluding hydrogens is 620 g/mol. The van der Waals surface area contributed by atoms with Crippen molar-refractivity contribution in [1.29, 1.82) is 0 Å². The van der Waals surface area contributed by atoms with Crippen molar-refractivity contribution in [3.63, 3.8) is 0 Å². The number of aromatic hydroxyl groups is 2. The minimum absolute atomic E-state index is 0.0603. The summed E-state index contributed by atoms with van der Waals surface area (Å²) in [5.41, 5.74) is 5.48. The number of halogens is 1. The maximum atomic E-state index is 13.2. The lowest BCUT2D eigenvalue weighted by Gasteiger charge is -2.14. The Kier molecular flexibility index (Phi) is 10.3. The van der Waals surface area contributed by atoms with E-state index in [4.69, 9.17) is 21.3 Å². The van der Waals surface area contributed by atoms with E-state index in [0.29, 0.717) is 46.7 Å². The minimum atomic E-state index is -0.691. The van der Waals surface area contributed by atoms with Gasteiger partial charge in [-0.1, -0.05) is 48.4 Å². The fourth-order valence-electron chi connectivity index (χ4n) is 5.46. The van der Waals surface area contributed by atoms with Gasteiger partial charge in [0.15, 0.2) is 17.3 Å². The van der Waals surface area contributed by atoms with E-state index in [1.165, 1.54) is 6.07 Å². The van der Waals surface area contributed by atoms with Crippen molar-refractivity contribution in [1.82, 2.24) is 25.4 Å². The topological polar surface area (TPSA) is 151 Å². The largest absolute Gasteiger partial charge is 0.504 e. The Balaban J connectivity index is 1.28. The number of phenols is 2. The first-order valence-electron chi connectivity index (χ1n) is 15.3. The summed E-state index contributed by atoms with van der Waals surface area (Å²) >= 11 is 6.18. The van der Waals surface area contributed by atoms with Gasteiger partial charge in [-0.15, -0.1) is 10.2 Å². The van der Waals surface area contributed by atoms with Crippen LogP contribution in [0.5, 0.6) is 17.2 Å². The molecule has 3 aromatic carbocycles. The lowest BCUT2D eigenvalue weighted by molar-refractivity contribution is -0.126. The van der Waals surface area contributed by atoms with E-state index in [0.717, 1.165) is 34.4 Å². The number of aromatic nitrogens is 3. The van der Waals surface area contributed by atoms with E-state index in [2.05, 4.69) is 20.8 Å². The molecule has 244 valence electrons. The zero-order valence-corrected chi connectivity index (χ0v) is 27.4. The summed E-state index contributed by atoms with van der Waals surface area (Å²) in [5, 5.41) is 34.6. The van der Waals surface area contributed by atoms with Crippen LogP contribution in [0.25, 0.3) is 11.8 Å². The normalized spacial score (nSPS) is 14.0. The second kappa shape index (κ2) is 14.5. The average molecular weight is 657 g/mol. The maximum Gasteiger partial charge on any atom is 0.239 e. The number of methoxy groups -OCH3 is 1. The molecule has 0 fully saturated rings. The Morgan fingerprint density at radius 3 is 2.51 bits per heavy atom. The molecule has 0 aliphatic carbocycles. The molecule has 0 unspecified atom stereocenters. The number of nitrogens with zero attached hydrogens (tertiary/aromatic N) is 4. The third kappa shape index (κ3) is 7.47. The highest BCUT2D eigenvalue weighted by Crippen LogP contribution is 2.35. The zero-order chi connectivity index (χ0) is 33.7. The van der Waals surface area contributed by atoms with Gasteiger partial charge in [-0.25, -0.2) is 0 Å². The molecule has 12 heteroatoms. The van der Waals surface area contributed by atoms with E-state index >= 15 is 0 Å². The predicted octanol–water partition coefficient (Wildman–Crippen LogP) is 5.36. The summed E-state index contributed by atoms with van der Waals surface area (Å²) in [7, 11) is 1.60. The predicted molar refractivity (Wildman–Crippen MR) is 181 cm³/mol. The number of ether oxygens (including phenoxy) is 1. The Labute approximate surface area is 278 Å². The van der Waals surface area contributed by atoms with Crippen LogP contribution in [0.1, 0.15) is 66.1 Å². The van der Waals surface area contributed by atoms with Crippen molar-refractivity contribution in [2.75, 3.05) is 20.2 Å². The van der Waals surface area contributed by atoms with E-state index in [-0.39, 0.29) is 36.3 Å². The average Bonchev–Trinajstić information content (AvgIpc) is 3.39. The summed E-state index contributed by atoms with van der Waals surface area (Å²) < 4.78 is 7.41.